The summed E-state index contributed by atoms with van der Waals surface area (Å²) in [6.45, 7) is 0. The molecule has 0 saturated heterocycles. The predicted molar refractivity (Wildman–Crippen MR) is 606 cm³/mol. The summed E-state index contributed by atoms with van der Waals surface area (Å²) in [6.07, 6.45) is 0. The molecule has 0 unspecified atom stereocenters. The van der Waals surface area contributed by atoms with Gasteiger partial charge >= 0.3 is 0 Å². The number of rotatable bonds is 14. The lowest BCUT2D eigenvalue weighted by Gasteiger charge is -2.30. The topological polar surface area (TPSA) is 87.2 Å². The van der Waals surface area contributed by atoms with Crippen molar-refractivity contribution in [1.29, 1.82) is 0 Å². The summed E-state index contributed by atoms with van der Waals surface area (Å²) in [5, 5.41) is 4.53. The number of nitrogens with zero attached hydrogens (tertiary/aromatic N) is 8. The van der Waals surface area contributed by atoms with Crippen molar-refractivity contribution >= 4 is 43.6 Å². The number of fused-ring (bicyclic) bond motifs is 26. The van der Waals surface area contributed by atoms with Gasteiger partial charge in [-0.15, -0.1) is 0 Å². The maximum absolute atomic E-state index is 5.72. The van der Waals surface area contributed by atoms with Crippen LogP contribution in [-0.4, -0.2) is 39.0 Å². The van der Waals surface area contributed by atoms with Gasteiger partial charge in [0.15, 0.2) is 23.3 Å². The molecular weight excluding hydrogens is 1790 g/mol. The first-order chi connectivity index (χ1) is 73.3. The van der Waals surface area contributed by atoms with Crippen LogP contribution < -0.4 is 0 Å². The summed E-state index contributed by atoms with van der Waals surface area (Å²) in [5.74, 6) is 3.46. The Morgan fingerprint density at radius 2 is 0.318 bits per heavy atom. The Hall–Kier alpha value is -19.5. The summed E-state index contributed by atoms with van der Waals surface area (Å²) < 4.78 is 4.60. The zero-order valence-corrected chi connectivity index (χ0v) is 80.4. The molecule has 4 aromatic heterocycles. The van der Waals surface area contributed by atoms with Gasteiger partial charge in [-0.1, -0.05) is 449 Å². The lowest BCUT2D eigenvalue weighted by molar-refractivity contribution is 0.794. The van der Waals surface area contributed by atoms with Crippen molar-refractivity contribution < 1.29 is 0 Å². The standard InChI is InChI=1S/C76H48N4.C64H40N4/c1-6-22-49(23-7-1)54-38-39-71-65(46-54)66-47-64-63-34-18-21-37-69(63)76(67-35-19-16-32-61(67)62-33-17-20-36-68(62)76)70(64)48-72(66)80(71)75-78-73(59-42-55(50-24-8-2-9-25-50)40-56(43-59)51-26-10-3-11-27-51)77-74(79-75)60-44-57(52-28-12-4-13-29-52)41-58(45-60)53-30-14-5-15-31-53;1-4-16-41(17-5-1)44-28-32-46(33-29-44)61-65-62(47-34-30-45(31-35-47)42-18-6-2-7-19-42)67-63(66-61)68-59-37-36-48(43-20-8-3-9-21-43)38-53(59)54-39-52-51-24-12-15-27-57(51)64(58(52)40-60(54)68)55-25-13-10-22-49(55)50-23-11-14-26-56(50)64/h1-48H;1-40H. The van der Waals surface area contributed by atoms with Crippen LogP contribution in [0.3, 0.4) is 0 Å². The van der Waals surface area contributed by atoms with Crippen molar-refractivity contribution in [2.45, 2.75) is 10.8 Å². The van der Waals surface area contributed by atoms with Gasteiger partial charge in [0.2, 0.25) is 11.9 Å². The van der Waals surface area contributed by atoms with Crippen LogP contribution in [0, 0.1) is 0 Å². The molecule has 22 aromatic carbocycles. The fourth-order valence-corrected chi connectivity index (χ4v) is 24.3. The first-order valence-electron chi connectivity index (χ1n) is 50.7. The fraction of sp³-hybridized carbons (Fsp3) is 0.0143. The molecule has 26 aromatic rings. The van der Waals surface area contributed by atoms with Crippen LogP contribution in [0.5, 0.6) is 0 Å². The molecule has 0 fully saturated rings. The van der Waals surface area contributed by atoms with Crippen LogP contribution in [0.4, 0.5) is 0 Å². The Balaban J connectivity index is 0.000000141. The Kier molecular flexibility index (Phi) is 20.0. The van der Waals surface area contributed by atoms with E-state index in [9.17, 15) is 0 Å². The summed E-state index contributed by atoms with van der Waals surface area (Å²) in [6, 6.07) is 193. The van der Waals surface area contributed by atoms with E-state index in [2.05, 4.69) is 531 Å². The van der Waals surface area contributed by atoms with E-state index in [1.807, 2.05) is 12.1 Å². The van der Waals surface area contributed by atoms with Crippen LogP contribution in [0.25, 0.3) is 235 Å². The molecule has 0 bridgehead atoms. The van der Waals surface area contributed by atoms with Gasteiger partial charge < -0.3 is 0 Å². The van der Waals surface area contributed by atoms with E-state index in [1.165, 1.54) is 94.6 Å². The quantitative estimate of drug-likeness (QED) is 0.108. The molecule has 148 heavy (non-hydrogen) atoms. The second kappa shape index (κ2) is 34.7. The molecule has 8 nitrogen and oxygen atoms in total. The van der Waals surface area contributed by atoms with E-state index in [-0.39, 0.29) is 0 Å². The molecule has 4 aliphatic carbocycles. The highest BCUT2D eigenvalue weighted by atomic mass is 15.2. The normalized spacial score (nSPS) is 12.7. The average Bonchev–Trinajstić information content (AvgIpc) is 1.50. The van der Waals surface area contributed by atoms with Crippen molar-refractivity contribution in [2.75, 3.05) is 0 Å². The highest BCUT2D eigenvalue weighted by Crippen LogP contribution is 2.66. The second-order valence-electron chi connectivity index (χ2n) is 39.0. The molecule has 0 atom stereocenters. The highest BCUT2D eigenvalue weighted by Gasteiger charge is 2.54. The van der Waals surface area contributed by atoms with Crippen molar-refractivity contribution in [3.8, 4) is 191 Å². The van der Waals surface area contributed by atoms with Gasteiger partial charge in [0.25, 0.3) is 0 Å². The molecular formula is C140H88N8. The molecule has 30 rings (SSSR count). The van der Waals surface area contributed by atoms with Crippen molar-refractivity contribution in [3.63, 3.8) is 0 Å². The molecule has 0 N–H and O–H groups in total. The van der Waals surface area contributed by atoms with Crippen molar-refractivity contribution in [2.24, 2.45) is 0 Å². The van der Waals surface area contributed by atoms with E-state index in [0.29, 0.717) is 35.2 Å². The SMILES string of the molecule is c1ccc(-c2cc(-c3ccccc3)cc(-c3nc(-c4cc(-c5ccccc5)cc(-c5ccccc5)c4)nc(-n4c5ccc(-c6ccccc6)cc5c5cc6c(cc54)C4(c5ccccc5-c5ccccc54)c4ccccc4-6)n3)c2)cc1.c1ccc(-c2ccc(-c3nc(-c4ccc(-c5ccccc5)cc4)nc(-n4c5ccc(-c6ccccc6)cc5c5cc6c(cc54)C4(c5ccccc5-c5ccccc54)c4ccccc4-6)n3)cc2)cc1. The lowest BCUT2D eigenvalue weighted by Crippen LogP contribution is -2.25. The van der Waals surface area contributed by atoms with Crippen LogP contribution in [0.15, 0.2) is 534 Å². The van der Waals surface area contributed by atoms with E-state index >= 15 is 0 Å². The molecule has 4 heterocycles. The van der Waals surface area contributed by atoms with Crippen LogP contribution in [0.1, 0.15) is 44.5 Å². The fourth-order valence-electron chi connectivity index (χ4n) is 24.3. The number of hydrogen-bond donors (Lipinski definition) is 0. The van der Waals surface area contributed by atoms with E-state index < -0.39 is 10.8 Å². The first-order valence-corrected chi connectivity index (χ1v) is 50.7. The van der Waals surface area contributed by atoms with Gasteiger partial charge in [0.1, 0.15) is 0 Å². The largest absolute Gasteiger partial charge is 0.278 e. The Bertz CT molecular complexity index is 9340. The smallest absolute Gasteiger partial charge is 0.238 e. The maximum atomic E-state index is 5.72. The summed E-state index contributed by atoms with van der Waals surface area (Å²) >= 11 is 0. The van der Waals surface area contributed by atoms with Crippen molar-refractivity contribution in [3.05, 3.63) is 578 Å². The van der Waals surface area contributed by atoms with Crippen LogP contribution >= 0.6 is 0 Å². The minimum atomic E-state index is -0.559. The first kappa shape index (κ1) is 85.3. The third-order valence-corrected chi connectivity index (χ3v) is 30.9. The maximum Gasteiger partial charge on any atom is 0.238 e. The molecule has 8 heteroatoms. The molecule has 0 radical (unpaired) electrons. The molecule has 4 aliphatic rings. The highest BCUT2D eigenvalue weighted by molar-refractivity contribution is 6.16. The molecule has 0 aliphatic heterocycles. The monoisotopic (exact) mass is 1880 g/mol. The zero-order valence-electron chi connectivity index (χ0n) is 80.4. The minimum absolute atomic E-state index is 0.514. The van der Waals surface area contributed by atoms with Gasteiger partial charge in [0, 0.05) is 43.8 Å². The molecule has 0 saturated carbocycles. The Labute approximate surface area is 856 Å². The van der Waals surface area contributed by atoms with E-state index in [1.54, 1.807) is 0 Å². The van der Waals surface area contributed by atoms with Crippen LogP contribution in [0.2, 0.25) is 0 Å². The number of hydrogen-bond acceptors (Lipinski definition) is 6. The minimum Gasteiger partial charge on any atom is -0.278 e. The summed E-state index contributed by atoms with van der Waals surface area (Å²) in [4.78, 5) is 33.2. The van der Waals surface area contributed by atoms with Gasteiger partial charge in [0.05, 0.1) is 32.9 Å². The van der Waals surface area contributed by atoms with Gasteiger partial charge in [-0.3, -0.25) is 9.13 Å². The van der Waals surface area contributed by atoms with E-state index in [0.717, 1.165) is 149 Å². The molecule has 2 spiro atoms. The Morgan fingerprint density at radius 3 is 0.588 bits per heavy atom. The summed E-state index contributed by atoms with van der Waals surface area (Å²) in [5.41, 5.74) is 45.0. The Morgan fingerprint density at radius 1 is 0.122 bits per heavy atom. The van der Waals surface area contributed by atoms with Gasteiger partial charge in [-0.2, -0.15) is 19.9 Å². The lowest BCUT2D eigenvalue weighted by atomic mass is 9.70. The van der Waals surface area contributed by atoms with Crippen LogP contribution in [-0.2, 0) is 10.8 Å². The average molecular weight is 1880 g/mol. The third kappa shape index (κ3) is 13.8. The van der Waals surface area contributed by atoms with Crippen molar-refractivity contribution in [1.82, 2.24) is 39.0 Å². The number of aromatic nitrogens is 8. The molecule has 688 valence electrons. The second-order valence-corrected chi connectivity index (χ2v) is 39.0. The third-order valence-electron chi connectivity index (χ3n) is 30.9. The summed E-state index contributed by atoms with van der Waals surface area (Å²) in [7, 11) is 0. The van der Waals surface area contributed by atoms with E-state index in [4.69, 9.17) is 29.9 Å². The van der Waals surface area contributed by atoms with Gasteiger partial charge in [-0.25, -0.2) is 9.97 Å². The van der Waals surface area contributed by atoms with Gasteiger partial charge in [-0.05, 0) is 263 Å². The number of benzene rings is 22. The molecule has 0 amide bonds. The zero-order chi connectivity index (χ0) is 97.5. The predicted octanol–water partition coefficient (Wildman–Crippen LogP) is 34.6.